The van der Waals surface area contributed by atoms with Crippen LogP contribution in [0.4, 0.5) is 5.69 Å². The second-order valence-corrected chi connectivity index (χ2v) is 6.56. The first-order valence-corrected chi connectivity index (χ1v) is 7.70. The maximum atomic E-state index is 9.94. The van der Waals surface area contributed by atoms with Crippen molar-refractivity contribution in [2.24, 2.45) is 0 Å². The number of aliphatic hydroxyl groups excluding tert-OH is 1. The Balaban J connectivity index is 2.44. The van der Waals surface area contributed by atoms with Gasteiger partial charge in [0.1, 0.15) is 0 Å². The van der Waals surface area contributed by atoms with E-state index in [1.807, 2.05) is 23.9 Å². The summed E-state index contributed by atoms with van der Waals surface area (Å²) in [6.07, 6.45) is -0.514. The van der Waals surface area contributed by atoms with Crippen LogP contribution in [0.15, 0.2) is 18.2 Å². The Morgan fingerprint density at radius 2 is 2.21 bits per heavy atom. The molecule has 1 aromatic carbocycles. The van der Waals surface area contributed by atoms with E-state index in [0.29, 0.717) is 16.9 Å². The standard InChI is InChI=1S/C15H20N2OS/c1-10-12(3)19-7-6-17(10)15-8-13(9-16)4-5-14(15)11(2)18/h4-5,8,10-12,18H,6-7H2,1-3H3/t10?,11-,12?/m0/s1. The minimum absolute atomic E-state index is 0.408. The molecule has 2 unspecified atom stereocenters. The smallest absolute Gasteiger partial charge is 0.0992 e. The van der Waals surface area contributed by atoms with Crippen LogP contribution in [0.3, 0.4) is 0 Å². The van der Waals surface area contributed by atoms with Gasteiger partial charge in [-0.05, 0) is 26.0 Å². The van der Waals surface area contributed by atoms with Crippen LogP contribution in [0, 0.1) is 11.3 Å². The van der Waals surface area contributed by atoms with Gasteiger partial charge in [-0.15, -0.1) is 0 Å². The van der Waals surface area contributed by atoms with E-state index in [0.717, 1.165) is 23.5 Å². The molecule has 0 bridgehead atoms. The van der Waals surface area contributed by atoms with E-state index < -0.39 is 6.10 Å². The molecule has 1 N–H and O–H groups in total. The second kappa shape index (κ2) is 5.85. The van der Waals surface area contributed by atoms with Gasteiger partial charge >= 0.3 is 0 Å². The van der Waals surface area contributed by atoms with Crippen LogP contribution in [0.2, 0.25) is 0 Å². The zero-order chi connectivity index (χ0) is 14.0. The average molecular weight is 276 g/mol. The number of nitriles is 1. The molecule has 1 aromatic rings. The third-order valence-electron chi connectivity index (χ3n) is 3.80. The van der Waals surface area contributed by atoms with Crippen LogP contribution in [0.5, 0.6) is 0 Å². The predicted octanol–water partition coefficient (Wildman–Crippen LogP) is 2.94. The largest absolute Gasteiger partial charge is 0.389 e. The zero-order valence-electron chi connectivity index (χ0n) is 11.6. The molecule has 1 fully saturated rings. The number of nitrogens with zero attached hydrogens (tertiary/aromatic N) is 2. The first-order valence-electron chi connectivity index (χ1n) is 6.65. The predicted molar refractivity (Wildman–Crippen MR) is 80.5 cm³/mol. The van der Waals surface area contributed by atoms with Crippen LogP contribution in [0.1, 0.15) is 38.0 Å². The van der Waals surface area contributed by atoms with Crippen molar-refractivity contribution in [3.8, 4) is 6.07 Å². The highest BCUT2D eigenvalue weighted by Crippen LogP contribution is 2.34. The van der Waals surface area contributed by atoms with Gasteiger partial charge in [-0.2, -0.15) is 17.0 Å². The maximum Gasteiger partial charge on any atom is 0.0992 e. The normalized spacial score (nSPS) is 24.9. The summed E-state index contributed by atoms with van der Waals surface area (Å²) in [4.78, 5) is 2.32. The van der Waals surface area contributed by atoms with Gasteiger partial charge in [0.05, 0.1) is 17.7 Å². The van der Waals surface area contributed by atoms with E-state index in [9.17, 15) is 5.11 Å². The average Bonchev–Trinajstić information content (AvgIpc) is 2.41. The summed E-state index contributed by atoms with van der Waals surface area (Å²) in [5.41, 5.74) is 2.57. The molecule has 2 rings (SSSR count). The van der Waals surface area contributed by atoms with E-state index in [2.05, 4.69) is 24.8 Å². The van der Waals surface area contributed by atoms with Crippen molar-refractivity contribution < 1.29 is 5.11 Å². The Hall–Kier alpha value is -1.18. The molecule has 3 nitrogen and oxygen atoms in total. The second-order valence-electron chi connectivity index (χ2n) is 5.07. The summed E-state index contributed by atoms with van der Waals surface area (Å²) >= 11 is 1.98. The molecule has 19 heavy (non-hydrogen) atoms. The lowest BCUT2D eigenvalue weighted by Crippen LogP contribution is -2.45. The molecule has 0 radical (unpaired) electrons. The van der Waals surface area contributed by atoms with Gasteiger partial charge < -0.3 is 10.0 Å². The Labute approximate surface area is 119 Å². The minimum atomic E-state index is -0.514. The fraction of sp³-hybridized carbons (Fsp3) is 0.533. The third-order valence-corrected chi connectivity index (χ3v) is 5.14. The molecule has 1 aliphatic rings. The molecule has 4 heteroatoms. The van der Waals surface area contributed by atoms with Crippen LogP contribution >= 0.6 is 11.8 Å². The van der Waals surface area contributed by atoms with E-state index >= 15 is 0 Å². The SMILES string of the molecule is CC1SCCN(c2cc(C#N)ccc2[C@H](C)O)C1C. The molecule has 0 aliphatic carbocycles. The number of anilines is 1. The summed E-state index contributed by atoms with van der Waals surface area (Å²) in [5.74, 6) is 1.08. The molecule has 0 saturated carbocycles. The zero-order valence-corrected chi connectivity index (χ0v) is 12.4. The van der Waals surface area contributed by atoms with Crippen LogP contribution < -0.4 is 4.90 Å². The fourth-order valence-electron chi connectivity index (χ4n) is 2.49. The molecule has 102 valence electrons. The Morgan fingerprint density at radius 1 is 1.47 bits per heavy atom. The Kier molecular flexibility index (Phi) is 4.38. The van der Waals surface area contributed by atoms with E-state index in [4.69, 9.17) is 5.26 Å². The van der Waals surface area contributed by atoms with Gasteiger partial charge in [0, 0.05) is 34.8 Å². The molecule has 1 heterocycles. The first kappa shape index (κ1) is 14.2. The van der Waals surface area contributed by atoms with Crippen LogP contribution in [0.25, 0.3) is 0 Å². The van der Waals surface area contributed by atoms with E-state index in [1.54, 1.807) is 13.0 Å². The number of thioether (sulfide) groups is 1. The highest BCUT2D eigenvalue weighted by molar-refractivity contribution is 8.00. The van der Waals surface area contributed by atoms with Crippen molar-refractivity contribution in [1.29, 1.82) is 5.26 Å². The van der Waals surface area contributed by atoms with Gasteiger partial charge in [0.25, 0.3) is 0 Å². The monoisotopic (exact) mass is 276 g/mol. The molecule has 3 atom stereocenters. The number of benzene rings is 1. The lowest BCUT2D eigenvalue weighted by atomic mass is 10.0. The number of hydrogen-bond donors (Lipinski definition) is 1. The van der Waals surface area contributed by atoms with Crippen LogP contribution in [-0.2, 0) is 0 Å². The minimum Gasteiger partial charge on any atom is -0.389 e. The van der Waals surface area contributed by atoms with Gasteiger partial charge in [0.15, 0.2) is 0 Å². The summed E-state index contributed by atoms with van der Waals surface area (Å²) in [5, 5.41) is 19.6. The van der Waals surface area contributed by atoms with Gasteiger partial charge in [-0.1, -0.05) is 13.0 Å². The number of hydrogen-bond acceptors (Lipinski definition) is 4. The van der Waals surface area contributed by atoms with Gasteiger partial charge in [0.2, 0.25) is 0 Å². The quantitative estimate of drug-likeness (QED) is 0.902. The van der Waals surface area contributed by atoms with Crippen molar-refractivity contribution in [3.63, 3.8) is 0 Å². The topological polar surface area (TPSA) is 47.3 Å². The Morgan fingerprint density at radius 3 is 2.84 bits per heavy atom. The van der Waals surface area contributed by atoms with E-state index in [1.165, 1.54) is 0 Å². The molecule has 0 spiro atoms. The summed E-state index contributed by atoms with van der Waals surface area (Å²) in [6, 6.07) is 8.15. The van der Waals surface area contributed by atoms with Gasteiger partial charge in [-0.3, -0.25) is 0 Å². The lowest BCUT2D eigenvalue weighted by molar-refractivity contribution is 0.199. The molecule has 1 saturated heterocycles. The molecule has 0 amide bonds. The van der Waals surface area contributed by atoms with Crippen LogP contribution in [-0.4, -0.2) is 28.7 Å². The molecular formula is C15H20N2OS. The molecular weight excluding hydrogens is 256 g/mol. The van der Waals surface area contributed by atoms with Gasteiger partial charge in [-0.25, -0.2) is 0 Å². The first-order chi connectivity index (χ1) is 9.04. The summed E-state index contributed by atoms with van der Waals surface area (Å²) in [7, 11) is 0. The van der Waals surface area contributed by atoms with E-state index in [-0.39, 0.29) is 0 Å². The number of aliphatic hydroxyl groups is 1. The maximum absolute atomic E-state index is 9.94. The third kappa shape index (κ3) is 2.88. The van der Waals surface area contributed by atoms with Crippen molar-refractivity contribution in [2.75, 3.05) is 17.2 Å². The van der Waals surface area contributed by atoms with Crippen molar-refractivity contribution >= 4 is 17.4 Å². The lowest BCUT2D eigenvalue weighted by Gasteiger charge is -2.40. The highest BCUT2D eigenvalue weighted by Gasteiger charge is 2.27. The molecule has 1 aliphatic heterocycles. The number of rotatable bonds is 2. The molecule has 0 aromatic heterocycles. The summed E-state index contributed by atoms with van der Waals surface area (Å²) in [6.45, 7) is 7.18. The Bertz CT molecular complexity index is 495. The highest BCUT2D eigenvalue weighted by atomic mass is 32.2. The fourth-order valence-corrected chi connectivity index (χ4v) is 3.59. The summed E-state index contributed by atoms with van der Waals surface area (Å²) < 4.78 is 0. The van der Waals surface area contributed by atoms with Crippen molar-refractivity contribution in [1.82, 2.24) is 0 Å². The van der Waals surface area contributed by atoms with Crippen molar-refractivity contribution in [2.45, 2.75) is 38.2 Å². The van der Waals surface area contributed by atoms with Crippen molar-refractivity contribution in [3.05, 3.63) is 29.3 Å².